The van der Waals surface area contributed by atoms with E-state index in [0.29, 0.717) is 0 Å². The first-order chi connectivity index (χ1) is 11.9. The Morgan fingerprint density at radius 1 is 1.19 bits per heavy atom. The number of sulfonamides is 2. The molecule has 1 heterocycles. The summed E-state index contributed by atoms with van der Waals surface area (Å²) in [5.41, 5.74) is -0.607. The van der Waals surface area contributed by atoms with E-state index in [-0.39, 0.29) is 23.2 Å². The highest BCUT2D eigenvalue weighted by Gasteiger charge is 2.23. The van der Waals surface area contributed by atoms with E-state index in [0.717, 1.165) is 22.5 Å². The van der Waals surface area contributed by atoms with Crippen molar-refractivity contribution in [1.82, 2.24) is 4.31 Å². The molecule has 142 valence electrons. The zero-order valence-electron chi connectivity index (χ0n) is 13.6. The number of nitro benzene ring substituents is 1. The lowest BCUT2D eigenvalue weighted by molar-refractivity contribution is -0.386. The van der Waals surface area contributed by atoms with Crippen LogP contribution in [-0.2, 0) is 26.7 Å². The summed E-state index contributed by atoms with van der Waals surface area (Å²) in [6.07, 6.45) is 0. The first-order valence-corrected chi connectivity index (χ1v) is 9.87. The Morgan fingerprint density at radius 2 is 1.85 bits per heavy atom. The van der Waals surface area contributed by atoms with Gasteiger partial charge >= 0.3 is 5.69 Å². The van der Waals surface area contributed by atoms with E-state index in [9.17, 15) is 26.9 Å². The molecule has 26 heavy (non-hydrogen) atoms. The monoisotopic (exact) mass is 405 g/mol. The van der Waals surface area contributed by atoms with Gasteiger partial charge in [0.1, 0.15) is 12.4 Å². The van der Waals surface area contributed by atoms with Crippen LogP contribution in [0.15, 0.2) is 44.7 Å². The minimum atomic E-state index is -4.11. The van der Waals surface area contributed by atoms with Crippen molar-refractivity contribution in [2.75, 3.05) is 14.1 Å². The number of primary sulfonamides is 1. The molecule has 1 aromatic heterocycles. The van der Waals surface area contributed by atoms with Crippen LogP contribution in [-0.4, -0.2) is 40.2 Å². The topological polar surface area (TPSA) is 163 Å². The van der Waals surface area contributed by atoms with Crippen LogP contribution in [0, 0.1) is 10.1 Å². The van der Waals surface area contributed by atoms with E-state index in [4.69, 9.17) is 14.3 Å². The molecule has 0 atom stereocenters. The van der Waals surface area contributed by atoms with Crippen molar-refractivity contribution in [3.63, 3.8) is 0 Å². The Hall–Kier alpha value is -2.48. The zero-order chi connectivity index (χ0) is 19.7. The Kier molecular flexibility index (Phi) is 5.36. The summed E-state index contributed by atoms with van der Waals surface area (Å²) in [5.74, 6) is -0.119. The van der Waals surface area contributed by atoms with E-state index < -0.39 is 35.6 Å². The molecule has 2 N–H and O–H groups in total. The molecular weight excluding hydrogens is 390 g/mol. The van der Waals surface area contributed by atoms with Gasteiger partial charge in [0.25, 0.3) is 10.0 Å². The molecule has 0 bridgehead atoms. The summed E-state index contributed by atoms with van der Waals surface area (Å²) >= 11 is 0. The molecule has 0 saturated heterocycles. The van der Waals surface area contributed by atoms with Crippen LogP contribution >= 0.6 is 0 Å². The second-order valence-electron chi connectivity index (χ2n) is 5.23. The van der Waals surface area contributed by atoms with Gasteiger partial charge in [-0.3, -0.25) is 10.1 Å². The Balaban J connectivity index is 2.25. The Morgan fingerprint density at radius 3 is 2.38 bits per heavy atom. The second kappa shape index (κ2) is 7.03. The van der Waals surface area contributed by atoms with Crippen LogP contribution in [0.1, 0.15) is 5.76 Å². The number of ether oxygens (including phenoxy) is 1. The van der Waals surface area contributed by atoms with E-state index in [1.165, 1.54) is 26.2 Å². The van der Waals surface area contributed by atoms with Crippen molar-refractivity contribution >= 4 is 25.7 Å². The summed E-state index contributed by atoms with van der Waals surface area (Å²) in [4.78, 5) is 9.84. The van der Waals surface area contributed by atoms with Crippen LogP contribution in [0.25, 0.3) is 0 Å². The minimum Gasteiger partial charge on any atom is -0.479 e. The number of rotatable bonds is 7. The van der Waals surface area contributed by atoms with E-state index in [1.807, 2.05) is 0 Å². The molecule has 0 saturated carbocycles. The smallest absolute Gasteiger partial charge is 0.312 e. The third-order valence-electron chi connectivity index (χ3n) is 3.20. The lowest BCUT2D eigenvalue weighted by Crippen LogP contribution is -2.21. The minimum absolute atomic E-state index is 0.107. The largest absolute Gasteiger partial charge is 0.479 e. The molecule has 2 aromatic rings. The number of nitrogens with two attached hydrogens (primary N) is 1. The molecule has 0 radical (unpaired) electrons. The number of hydrogen-bond donors (Lipinski definition) is 1. The van der Waals surface area contributed by atoms with Gasteiger partial charge in [-0.2, -0.15) is 0 Å². The molecule has 0 spiro atoms. The number of nitrogens with zero attached hydrogens (tertiary/aromatic N) is 2. The maximum atomic E-state index is 11.9. The summed E-state index contributed by atoms with van der Waals surface area (Å²) in [7, 11) is -5.20. The normalized spacial score (nSPS) is 12.3. The van der Waals surface area contributed by atoms with Crippen molar-refractivity contribution in [2.45, 2.75) is 16.6 Å². The lowest BCUT2D eigenvalue weighted by atomic mass is 10.3. The van der Waals surface area contributed by atoms with Gasteiger partial charge in [-0.15, -0.1) is 0 Å². The third-order valence-corrected chi connectivity index (χ3v) is 5.80. The highest BCUT2D eigenvalue weighted by Crippen LogP contribution is 2.30. The van der Waals surface area contributed by atoms with E-state index >= 15 is 0 Å². The molecule has 0 aliphatic carbocycles. The third kappa shape index (κ3) is 4.19. The van der Waals surface area contributed by atoms with Crippen molar-refractivity contribution in [1.29, 1.82) is 0 Å². The zero-order valence-corrected chi connectivity index (χ0v) is 15.3. The quantitative estimate of drug-likeness (QED) is 0.518. The van der Waals surface area contributed by atoms with Crippen LogP contribution in [0.2, 0.25) is 0 Å². The van der Waals surface area contributed by atoms with Crippen LogP contribution < -0.4 is 9.88 Å². The molecule has 13 heteroatoms. The Bertz CT molecular complexity index is 1040. The molecule has 0 amide bonds. The van der Waals surface area contributed by atoms with Crippen LogP contribution in [0.3, 0.4) is 0 Å². The van der Waals surface area contributed by atoms with Crippen molar-refractivity contribution in [3.05, 3.63) is 46.2 Å². The maximum absolute atomic E-state index is 11.9. The first-order valence-electron chi connectivity index (χ1n) is 6.88. The van der Waals surface area contributed by atoms with Crippen LogP contribution in [0.5, 0.6) is 5.75 Å². The molecule has 1 aromatic carbocycles. The standard InChI is InChI=1S/C13H15N3O8S2/c1-15(2)26(21,22)13-6-3-9(24-13)8-23-12-5-4-10(25(14,19)20)7-11(12)16(17)18/h3-7H,8H2,1-2H3,(H2,14,19,20). The summed E-state index contributed by atoms with van der Waals surface area (Å²) in [5, 5.41) is 15.7. The van der Waals surface area contributed by atoms with Crippen LogP contribution in [0.4, 0.5) is 5.69 Å². The molecule has 0 unspecified atom stereocenters. The Labute approximate surface area is 149 Å². The van der Waals surface area contributed by atoms with Gasteiger partial charge < -0.3 is 9.15 Å². The fourth-order valence-electron chi connectivity index (χ4n) is 1.84. The van der Waals surface area contributed by atoms with Gasteiger partial charge in [0.15, 0.2) is 5.75 Å². The van der Waals surface area contributed by atoms with Gasteiger partial charge in [0.2, 0.25) is 15.1 Å². The summed E-state index contributed by atoms with van der Waals surface area (Å²) < 4.78 is 57.8. The van der Waals surface area contributed by atoms with E-state index in [2.05, 4.69) is 0 Å². The van der Waals surface area contributed by atoms with Gasteiger partial charge in [0.05, 0.1) is 9.82 Å². The van der Waals surface area contributed by atoms with Gasteiger partial charge in [-0.25, -0.2) is 26.3 Å². The molecule has 2 rings (SSSR count). The molecular formula is C13H15N3O8S2. The predicted octanol–water partition coefficient (Wildman–Crippen LogP) is 0.665. The van der Waals surface area contributed by atoms with Gasteiger partial charge in [0, 0.05) is 20.2 Å². The highest BCUT2D eigenvalue weighted by molar-refractivity contribution is 7.89. The SMILES string of the molecule is CN(C)S(=O)(=O)c1ccc(COc2ccc(S(N)(=O)=O)cc2[N+](=O)[O-])o1. The maximum Gasteiger partial charge on any atom is 0.312 e. The van der Waals surface area contributed by atoms with Crippen molar-refractivity contribution in [3.8, 4) is 5.75 Å². The van der Waals surface area contributed by atoms with Gasteiger partial charge in [-0.05, 0) is 24.3 Å². The average molecular weight is 405 g/mol. The molecule has 11 nitrogen and oxygen atoms in total. The van der Waals surface area contributed by atoms with Crippen molar-refractivity contribution < 1.29 is 30.9 Å². The molecule has 0 aliphatic heterocycles. The highest BCUT2D eigenvalue weighted by atomic mass is 32.2. The predicted molar refractivity (Wildman–Crippen MR) is 88.4 cm³/mol. The average Bonchev–Trinajstić information content (AvgIpc) is 3.01. The number of nitro groups is 1. The lowest BCUT2D eigenvalue weighted by Gasteiger charge is -2.08. The van der Waals surface area contributed by atoms with Crippen molar-refractivity contribution in [2.24, 2.45) is 5.14 Å². The summed E-state index contributed by atoms with van der Waals surface area (Å²) in [6, 6.07) is 5.49. The fraction of sp³-hybridized carbons (Fsp3) is 0.231. The van der Waals surface area contributed by atoms with Gasteiger partial charge in [-0.1, -0.05) is 0 Å². The van der Waals surface area contributed by atoms with E-state index in [1.54, 1.807) is 0 Å². The molecule has 0 aliphatic rings. The first kappa shape index (κ1) is 19.8. The number of benzene rings is 1. The fourth-order valence-corrected chi connectivity index (χ4v) is 3.19. The second-order valence-corrected chi connectivity index (χ2v) is 8.87. The molecule has 0 fully saturated rings. The number of furan rings is 1. The summed E-state index contributed by atoms with van der Waals surface area (Å²) in [6.45, 7) is -0.307. The number of hydrogen-bond acceptors (Lipinski definition) is 8.